The largest absolute Gasteiger partial charge is 0.378 e. The highest BCUT2D eigenvalue weighted by Gasteiger charge is 2.34. The quantitative estimate of drug-likeness (QED) is 0.513. The van der Waals surface area contributed by atoms with Gasteiger partial charge < -0.3 is 9.47 Å². The Labute approximate surface area is 61.5 Å². The van der Waals surface area contributed by atoms with Crippen LogP contribution < -0.4 is 0 Å². The van der Waals surface area contributed by atoms with Crippen LogP contribution in [0.1, 0.15) is 19.8 Å². The van der Waals surface area contributed by atoms with E-state index in [1.165, 1.54) is 12.8 Å². The lowest BCUT2D eigenvalue weighted by Crippen LogP contribution is -2.26. The van der Waals surface area contributed by atoms with E-state index in [2.05, 4.69) is 6.92 Å². The smallest absolute Gasteiger partial charge is 0.0860 e. The fourth-order valence-electron chi connectivity index (χ4n) is 1.52. The summed E-state index contributed by atoms with van der Waals surface area (Å²) in [6, 6.07) is 0. The van der Waals surface area contributed by atoms with Gasteiger partial charge in [-0.3, -0.25) is 0 Å². The van der Waals surface area contributed by atoms with Crippen molar-refractivity contribution >= 4 is 0 Å². The molecule has 0 saturated carbocycles. The summed E-state index contributed by atoms with van der Waals surface area (Å²) in [5.74, 6) is 0.705. The van der Waals surface area contributed by atoms with Crippen LogP contribution in [0.25, 0.3) is 0 Å². The third-order valence-corrected chi connectivity index (χ3v) is 2.42. The van der Waals surface area contributed by atoms with Crippen molar-refractivity contribution in [3.8, 4) is 0 Å². The van der Waals surface area contributed by atoms with Crippen molar-refractivity contribution < 1.29 is 9.47 Å². The maximum atomic E-state index is 5.51. The number of hydrogen-bond acceptors (Lipinski definition) is 2. The zero-order valence-electron chi connectivity index (χ0n) is 6.38. The summed E-state index contributed by atoms with van der Waals surface area (Å²) in [7, 11) is 0. The Morgan fingerprint density at radius 1 is 1.10 bits per heavy atom. The zero-order chi connectivity index (χ0) is 6.97. The Morgan fingerprint density at radius 3 is 2.40 bits per heavy atom. The Kier molecular flexibility index (Phi) is 1.66. The van der Waals surface area contributed by atoms with Crippen molar-refractivity contribution in [2.75, 3.05) is 13.2 Å². The Balaban J connectivity index is 1.79. The maximum Gasteiger partial charge on any atom is 0.0860 e. The Morgan fingerprint density at radius 2 is 1.90 bits per heavy atom. The molecule has 58 valence electrons. The van der Waals surface area contributed by atoms with E-state index in [0.717, 1.165) is 13.2 Å². The normalized spacial score (nSPS) is 47.1. The van der Waals surface area contributed by atoms with Crippen molar-refractivity contribution in [3.63, 3.8) is 0 Å². The zero-order valence-corrected chi connectivity index (χ0v) is 6.38. The van der Waals surface area contributed by atoms with Gasteiger partial charge in [-0.05, 0) is 19.8 Å². The molecule has 3 atom stereocenters. The van der Waals surface area contributed by atoms with Crippen molar-refractivity contribution in [2.45, 2.75) is 32.0 Å². The van der Waals surface area contributed by atoms with Gasteiger partial charge in [0, 0.05) is 5.92 Å². The molecule has 0 spiro atoms. The SMILES string of the molecule is CC1CCC(C2CO2)CO1. The van der Waals surface area contributed by atoms with Crippen LogP contribution in [-0.2, 0) is 9.47 Å². The minimum atomic E-state index is 0.481. The van der Waals surface area contributed by atoms with Gasteiger partial charge in [-0.2, -0.15) is 0 Å². The summed E-state index contributed by atoms with van der Waals surface area (Å²) in [6.45, 7) is 4.04. The van der Waals surface area contributed by atoms with Crippen LogP contribution in [-0.4, -0.2) is 25.4 Å². The second kappa shape index (κ2) is 2.51. The van der Waals surface area contributed by atoms with Gasteiger partial charge in [0.2, 0.25) is 0 Å². The summed E-state index contributed by atoms with van der Waals surface area (Å²) in [6.07, 6.45) is 3.54. The third-order valence-electron chi connectivity index (χ3n) is 2.42. The molecule has 2 heterocycles. The van der Waals surface area contributed by atoms with Crippen LogP contribution in [0.3, 0.4) is 0 Å². The van der Waals surface area contributed by atoms with Crippen LogP contribution in [0.5, 0.6) is 0 Å². The predicted octanol–water partition coefficient (Wildman–Crippen LogP) is 1.20. The molecule has 0 bridgehead atoms. The predicted molar refractivity (Wildman–Crippen MR) is 37.9 cm³/mol. The highest BCUT2D eigenvalue weighted by atomic mass is 16.6. The summed E-state index contributed by atoms with van der Waals surface area (Å²) < 4.78 is 10.7. The highest BCUT2D eigenvalue weighted by Crippen LogP contribution is 2.29. The van der Waals surface area contributed by atoms with Crippen molar-refractivity contribution in [2.24, 2.45) is 5.92 Å². The molecule has 2 nitrogen and oxygen atoms in total. The van der Waals surface area contributed by atoms with E-state index in [4.69, 9.17) is 9.47 Å². The van der Waals surface area contributed by atoms with Crippen LogP contribution in [0, 0.1) is 5.92 Å². The van der Waals surface area contributed by atoms with Crippen molar-refractivity contribution in [1.82, 2.24) is 0 Å². The summed E-state index contributed by atoms with van der Waals surface area (Å²) in [4.78, 5) is 0. The molecule has 0 amide bonds. The van der Waals surface area contributed by atoms with Crippen LogP contribution in [0.15, 0.2) is 0 Å². The van der Waals surface area contributed by atoms with Gasteiger partial charge >= 0.3 is 0 Å². The van der Waals surface area contributed by atoms with Gasteiger partial charge in [0.1, 0.15) is 0 Å². The standard InChI is InChI=1S/C8H14O2/c1-6-2-3-7(4-9-6)8-5-10-8/h6-8H,2-5H2,1H3. The van der Waals surface area contributed by atoms with E-state index in [1.807, 2.05) is 0 Å². The van der Waals surface area contributed by atoms with E-state index in [0.29, 0.717) is 18.1 Å². The van der Waals surface area contributed by atoms with Crippen LogP contribution in [0.4, 0.5) is 0 Å². The molecular weight excluding hydrogens is 128 g/mol. The van der Waals surface area contributed by atoms with Gasteiger partial charge in [0.05, 0.1) is 25.4 Å². The molecule has 0 radical (unpaired) electrons. The fraction of sp³-hybridized carbons (Fsp3) is 1.00. The number of epoxide rings is 1. The average molecular weight is 142 g/mol. The monoisotopic (exact) mass is 142 g/mol. The van der Waals surface area contributed by atoms with E-state index in [-0.39, 0.29) is 0 Å². The molecule has 3 unspecified atom stereocenters. The molecule has 0 N–H and O–H groups in total. The first-order valence-electron chi connectivity index (χ1n) is 4.09. The molecule has 2 fully saturated rings. The van der Waals surface area contributed by atoms with Crippen molar-refractivity contribution in [1.29, 1.82) is 0 Å². The van der Waals surface area contributed by atoms with Gasteiger partial charge in [-0.15, -0.1) is 0 Å². The molecule has 2 saturated heterocycles. The average Bonchev–Trinajstić information content (AvgIpc) is 2.71. The summed E-state index contributed by atoms with van der Waals surface area (Å²) in [5, 5.41) is 0. The minimum Gasteiger partial charge on any atom is -0.378 e. The second-order valence-electron chi connectivity index (χ2n) is 3.35. The van der Waals surface area contributed by atoms with E-state index >= 15 is 0 Å². The van der Waals surface area contributed by atoms with Gasteiger partial charge in [0.15, 0.2) is 0 Å². The van der Waals surface area contributed by atoms with Gasteiger partial charge in [0.25, 0.3) is 0 Å². The van der Waals surface area contributed by atoms with Crippen LogP contribution >= 0.6 is 0 Å². The number of rotatable bonds is 1. The van der Waals surface area contributed by atoms with Crippen molar-refractivity contribution in [3.05, 3.63) is 0 Å². The summed E-state index contributed by atoms with van der Waals surface area (Å²) >= 11 is 0. The molecule has 2 rings (SSSR count). The molecule has 0 aromatic rings. The molecule has 0 aromatic carbocycles. The van der Waals surface area contributed by atoms with E-state index < -0.39 is 0 Å². The fourth-order valence-corrected chi connectivity index (χ4v) is 1.52. The lowest BCUT2D eigenvalue weighted by atomic mass is 9.96. The second-order valence-corrected chi connectivity index (χ2v) is 3.35. The topological polar surface area (TPSA) is 21.8 Å². The summed E-state index contributed by atoms with van der Waals surface area (Å²) in [5.41, 5.74) is 0. The van der Waals surface area contributed by atoms with E-state index in [9.17, 15) is 0 Å². The third kappa shape index (κ3) is 1.32. The number of ether oxygens (including phenoxy) is 2. The number of hydrogen-bond donors (Lipinski definition) is 0. The lowest BCUT2D eigenvalue weighted by Gasteiger charge is -2.25. The first-order chi connectivity index (χ1) is 4.86. The Hall–Kier alpha value is -0.0800. The molecule has 2 aliphatic heterocycles. The minimum absolute atomic E-state index is 0.481. The van der Waals surface area contributed by atoms with Gasteiger partial charge in [-0.25, -0.2) is 0 Å². The molecule has 2 heteroatoms. The first-order valence-corrected chi connectivity index (χ1v) is 4.09. The lowest BCUT2D eigenvalue weighted by molar-refractivity contribution is -0.0122. The van der Waals surface area contributed by atoms with Crippen LogP contribution in [0.2, 0.25) is 0 Å². The molecule has 0 aliphatic carbocycles. The molecule has 2 aliphatic rings. The molecule has 0 aromatic heterocycles. The molecular formula is C8H14O2. The molecule has 10 heavy (non-hydrogen) atoms. The van der Waals surface area contributed by atoms with E-state index in [1.54, 1.807) is 0 Å². The Bertz CT molecular complexity index is 112. The highest BCUT2D eigenvalue weighted by molar-refractivity contribution is 4.81. The maximum absolute atomic E-state index is 5.51. The first kappa shape index (κ1) is 6.62. The van der Waals surface area contributed by atoms with Gasteiger partial charge in [-0.1, -0.05) is 0 Å².